The molecule has 0 saturated carbocycles. The summed E-state index contributed by atoms with van der Waals surface area (Å²) >= 11 is 0. The van der Waals surface area contributed by atoms with E-state index in [2.05, 4.69) is 0 Å². The molecule has 0 N–H and O–H groups in total. The van der Waals surface area contributed by atoms with E-state index in [0.717, 1.165) is 6.07 Å². The van der Waals surface area contributed by atoms with E-state index in [-0.39, 0.29) is 23.5 Å². The number of esters is 1. The van der Waals surface area contributed by atoms with Crippen molar-refractivity contribution < 1.29 is 27.8 Å². The number of halogens is 2. The molecule has 0 aliphatic rings. The molecule has 1 aromatic rings. The van der Waals surface area contributed by atoms with Gasteiger partial charge in [-0.05, 0) is 25.1 Å². The van der Waals surface area contributed by atoms with E-state index in [0.29, 0.717) is 6.92 Å². The summed E-state index contributed by atoms with van der Waals surface area (Å²) < 4.78 is 35.6. The van der Waals surface area contributed by atoms with Gasteiger partial charge in [0.05, 0.1) is 24.8 Å². The Balaban J connectivity index is 3.17. The highest BCUT2D eigenvalue weighted by Crippen LogP contribution is 2.27. The van der Waals surface area contributed by atoms with Gasteiger partial charge in [0.25, 0.3) is 0 Å². The lowest BCUT2D eigenvalue weighted by atomic mass is 10.0. The van der Waals surface area contributed by atoms with E-state index in [1.165, 1.54) is 19.2 Å². The Kier molecular flexibility index (Phi) is 4.58. The van der Waals surface area contributed by atoms with Crippen molar-refractivity contribution in [2.24, 2.45) is 0 Å². The molecule has 1 rings (SSSR count). The maximum atomic E-state index is 13.0. The van der Waals surface area contributed by atoms with E-state index in [9.17, 15) is 18.4 Å². The van der Waals surface area contributed by atoms with Gasteiger partial charge >= 0.3 is 11.9 Å². The van der Waals surface area contributed by atoms with Crippen LogP contribution in [-0.4, -0.2) is 31.4 Å². The first-order valence-corrected chi connectivity index (χ1v) is 5.59. The zero-order valence-corrected chi connectivity index (χ0v) is 10.8. The minimum absolute atomic E-state index is 0.0860. The smallest absolute Gasteiger partial charge is 0.338 e. The van der Waals surface area contributed by atoms with Crippen molar-refractivity contribution in [1.82, 2.24) is 0 Å². The maximum Gasteiger partial charge on any atom is 0.338 e. The van der Waals surface area contributed by atoms with Crippen LogP contribution in [0.2, 0.25) is 0 Å². The first kappa shape index (κ1) is 15.1. The van der Waals surface area contributed by atoms with Crippen LogP contribution in [0.1, 0.15) is 34.6 Å². The lowest BCUT2D eigenvalue weighted by Crippen LogP contribution is -2.25. The summed E-state index contributed by atoms with van der Waals surface area (Å²) in [4.78, 5) is 23.0. The van der Waals surface area contributed by atoms with E-state index in [1.807, 2.05) is 0 Å². The molecule has 0 aromatic heterocycles. The highest BCUT2D eigenvalue weighted by Gasteiger charge is 2.35. The Morgan fingerprint density at radius 2 is 1.95 bits per heavy atom. The van der Waals surface area contributed by atoms with Crippen molar-refractivity contribution in [3.8, 4) is 5.75 Å². The predicted molar refractivity (Wildman–Crippen MR) is 63.9 cm³/mol. The quantitative estimate of drug-likeness (QED) is 0.611. The second kappa shape index (κ2) is 5.77. The van der Waals surface area contributed by atoms with Gasteiger partial charge in [0.2, 0.25) is 5.78 Å². The number of rotatable bonds is 5. The summed E-state index contributed by atoms with van der Waals surface area (Å²) in [6.45, 7) is 2.34. The van der Waals surface area contributed by atoms with Crippen LogP contribution in [0.25, 0.3) is 0 Å². The lowest BCUT2D eigenvalue weighted by molar-refractivity contribution is 0.0219. The Morgan fingerprint density at radius 1 is 1.32 bits per heavy atom. The van der Waals surface area contributed by atoms with E-state index in [4.69, 9.17) is 9.47 Å². The Labute approximate surface area is 109 Å². The zero-order chi connectivity index (χ0) is 14.6. The first-order valence-electron chi connectivity index (χ1n) is 5.59. The van der Waals surface area contributed by atoms with Crippen LogP contribution in [0.3, 0.4) is 0 Å². The van der Waals surface area contributed by atoms with Gasteiger partial charge in [-0.2, -0.15) is 8.78 Å². The number of ether oxygens (including phenoxy) is 2. The summed E-state index contributed by atoms with van der Waals surface area (Å²) in [5, 5.41) is 0. The fourth-order valence-corrected chi connectivity index (χ4v) is 1.46. The molecule has 0 aliphatic heterocycles. The fraction of sp³-hybridized carbons (Fsp3) is 0.385. The average molecular weight is 272 g/mol. The van der Waals surface area contributed by atoms with Gasteiger partial charge in [-0.15, -0.1) is 0 Å². The number of hydrogen-bond acceptors (Lipinski definition) is 4. The third-order valence-corrected chi connectivity index (χ3v) is 2.36. The van der Waals surface area contributed by atoms with Gasteiger partial charge in [0.15, 0.2) is 0 Å². The van der Waals surface area contributed by atoms with Crippen LogP contribution in [0.4, 0.5) is 8.78 Å². The van der Waals surface area contributed by atoms with Crippen LogP contribution < -0.4 is 4.74 Å². The number of carbonyl (C=O) groups excluding carboxylic acids is 2. The highest BCUT2D eigenvalue weighted by atomic mass is 19.3. The topological polar surface area (TPSA) is 52.6 Å². The van der Waals surface area contributed by atoms with Gasteiger partial charge in [-0.1, -0.05) is 0 Å². The molecule has 0 amide bonds. The van der Waals surface area contributed by atoms with Crippen molar-refractivity contribution >= 4 is 11.8 Å². The predicted octanol–water partition coefficient (Wildman–Crippen LogP) is 2.71. The van der Waals surface area contributed by atoms with Crippen LogP contribution in [0.5, 0.6) is 5.75 Å². The molecule has 0 spiro atoms. The molecular weight excluding hydrogens is 258 g/mol. The minimum atomic E-state index is -3.50. The van der Waals surface area contributed by atoms with Crippen molar-refractivity contribution in [3.05, 3.63) is 29.3 Å². The molecule has 0 atom stereocenters. The van der Waals surface area contributed by atoms with E-state index in [1.54, 1.807) is 6.92 Å². The van der Waals surface area contributed by atoms with Gasteiger partial charge in [0, 0.05) is 6.92 Å². The number of methoxy groups -OCH3 is 1. The lowest BCUT2D eigenvalue weighted by Gasteiger charge is -2.13. The molecule has 0 radical (unpaired) electrons. The third-order valence-electron chi connectivity index (χ3n) is 2.36. The summed E-state index contributed by atoms with van der Waals surface area (Å²) in [5.41, 5.74) is -0.141. The van der Waals surface area contributed by atoms with Crippen molar-refractivity contribution in [2.45, 2.75) is 19.8 Å². The number of hydrogen-bond donors (Lipinski definition) is 0. The molecule has 6 heteroatoms. The SMILES string of the molecule is CCOC(=O)c1ccc(C(=O)C(C)(F)F)c(OC)c1. The second-order valence-electron chi connectivity index (χ2n) is 3.85. The molecule has 19 heavy (non-hydrogen) atoms. The van der Waals surface area contributed by atoms with Crippen LogP contribution >= 0.6 is 0 Å². The molecule has 1 aromatic carbocycles. The standard InChI is InChI=1S/C13H14F2O4/c1-4-19-12(17)8-5-6-9(10(7-8)18-3)11(16)13(2,14)15/h5-7H,4H2,1-3H3. The average Bonchev–Trinajstić information content (AvgIpc) is 2.36. The van der Waals surface area contributed by atoms with E-state index < -0.39 is 17.7 Å². The molecule has 0 bridgehead atoms. The van der Waals surface area contributed by atoms with E-state index >= 15 is 0 Å². The van der Waals surface area contributed by atoms with Gasteiger partial charge in [0.1, 0.15) is 5.75 Å². The fourth-order valence-electron chi connectivity index (χ4n) is 1.46. The van der Waals surface area contributed by atoms with Gasteiger partial charge in [-0.3, -0.25) is 4.79 Å². The second-order valence-corrected chi connectivity index (χ2v) is 3.85. The summed E-state index contributed by atoms with van der Waals surface area (Å²) in [5.74, 6) is -5.56. The molecule has 104 valence electrons. The molecule has 0 saturated heterocycles. The largest absolute Gasteiger partial charge is 0.496 e. The summed E-state index contributed by atoms with van der Waals surface area (Å²) in [6.07, 6.45) is 0. The van der Waals surface area contributed by atoms with Crippen molar-refractivity contribution in [1.29, 1.82) is 0 Å². The van der Waals surface area contributed by atoms with Crippen LogP contribution in [-0.2, 0) is 4.74 Å². The Hall–Kier alpha value is -1.98. The molecule has 0 fully saturated rings. The Bertz CT molecular complexity index is 492. The van der Waals surface area contributed by atoms with Crippen molar-refractivity contribution in [3.63, 3.8) is 0 Å². The number of ketones is 1. The number of Topliss-reactive ketones (excluding diaryl/α,β-unsaturated/α-hetero) is 1. The number of alkyl halides is 2. The molecule has 4 nitrogen and oxygen atoms in total. The maximum absolute atomic E-state index is 13.0. The molecule has 0 aliphatic carbocycles. The van der Waals surface area contributed by atoms with Crippen LogP contribution in [0, 0.1) is 0 Å². The summed E-state index contributed by atoms with van der Waals surface area (Å²) in [6, 6.07) is 3.58. The Morgan fingerprint density at radius 3 is 2.42 bits per heavy atom. The zero-order valence-electron chi connectivity index (χ0n) is 10.8. The normalized spacial score (nSPS) is 11.0. The number of benzene rings is 1. The van der Waals surface area contributed by atoms with Gasteiger partial charge < -0.3 is 9.47 Å². The highest BCUT2D eigenvalue weighted by molar-refractivity contribution is 6.04. The molecule has 0 unspecified atom stereocenters. The molecular formula is C13H14F2O4. The monoisotopic (exact) mass is 272 g/mol. The third kappa shape index (κ3) is 3.49. The molecule has 0 heterocycles. The summed E-state index contributed by atoms with van der Waals surface area (Å²) in [7, 11) is 1.23. The first-order chi connectivity index (χ1) is 8.81. The minimum Gasteiger partial charge on any atom is -0.496 e. The van der Waals surface area contributed by atoms with Crippen LogP contribution in [0.15, 0.2) is 18.2 Å². The van der Waals surface area contributed by atoms with Gasteiger partial charge in [-0.25, -0.2) is 4.79 Å². The van der Waals surface area contributed by atoms with Crippen molar-refractivity contribution in [2.75, 3.05) is 13.7 Å². The number of carbonyl (C=O) groups is 2.